The van der Waals surface area contributed by atoms with Crippen LogP contribution >= 0.6 is 0 Å². The maximum atomic E-state index is 9.70. The molecular formula is C22H27N7O3. The number of piperidine rings is 1. The molecular weight excluding hydrogens is 410 g/mol. The fourth-order valence-corrected chi connectivity index (χ4v) is 3.14. The highest BCUT2D eigenvalue weighted by molar-refractivity contribution is 5.68. The second-order valence-corrected chi connectivity index (χ2v) is 7.65. The Bertz CT molecular complexity index is 1030. The van der Waals surface area contributed by atoms with Crippen molar-refractivity contribution in [2.24, 2.45) is 5.92 Å². The molecule has 10 heteroatoms. The number of aromatic nitrogens is 5. The Balaban J connectivity index is 0.000000427. The molecule has 0 unspecified atom stereocenters. The van der Waals surface area contributed by atoms with Gasteiger partial charge in [-0.2, -0.15) is 25.4 Å². The third-order valence-electron chi connectivity index (χ3n) is 5.01. The quantitative estimate of drug-likeness (QED) is 0.602. The minimum absolute atomic E-state index is 0.231. The van der Waals surface area contributed by atoms with Crippen molar-refractivity contribution < 1.29 is 14.6 Å². The molecule has 1 aromatic carbocycles. The van der Waals surface area contributed by atoms with Gasteiger partial charge in [0.2, 0.25) is 0 Å². The van der Waals surface area contributed by atoms with Gasteiger partial charge in [0.15, 0.2) is 0 Å². The Labute approximate surface area is 186 Å². The fraction of sp³-hybridized carbons (Fsp3) is 0.409. The van der Waals surface area contributed by atoms with Gasteiger partial charge in [-0.3, -0.25) is 9.48 Å². The van der Waals surface area contributed by atoms with Crippen LogP contribution < -0.4 is 10.1 Å². The molecule has 0 amide bonds. The van der Waals surface area contributed by atoms with Gasteiger partial charge >= 0.3 is 5.97 Å². The number of aliphatic carboxylic acids is 1. The van der Waals surface area contributed by atoms with Gasteiger partial charge in [0.05, 0.1) is 36.2 Å². The van der Waals surface area contributed by atoms with E-state index in [2.05, 4.69) is 26.7 Å². The molecule has 3 heterocycles. The van der Waals surface area contributed by atoms with E-state index in [1.807, 2.05) is 28.9 Å². The smallest absolute Gasteiger partial charge is 0.305 e. The molecule has 0 saturated carbocycles. The van der Waals surface area contributed by atoms with Crippen molar-refractivity contribution in [2.75, 3.05) is 13.1 Å². The summed E-state index contributed by atoms with van der Waals surface area (Å²) in [5.41, 5.74) is 2.26. The van der Waals surface area contributed by atoms with Crippen LogP contribution in [0.3, 0.4) is 0 Å². The topological polar surface area (TPSA) is 131 Å². The first-order valence-electron chi connectivity index (χ1n) is 10.5. The molecule has 1 aliphatic rings. The zero-order valence-corrected chi connectivity index (χ0v) is 18.2. The highest BCUT2D eigenvalue weighted by Crippen LogP contribution is 2.23. The zero-order valence-electron chi connectivity index (χ0n) is 18.2. The lowest BCUT2D eigenvalue weighted by Gasteiger charge is -2.23. The van der Waals surface area contributed by atoms with E-state index in [1.54, 1.807) is 37.2 Å². The van der Waals surface area contributed by atoms with Gasteiger partial charge in [-0.05, 0) is 50.2 Å². The third kappa shape index (κ3) is 5.92. The maximum absolute atomic E-state index is 9.70. The van der Waals surface area contributed by atoms with E-state index in [9.17, 15) is 10.1 Å². The second-order valence-electron chi connectivity index (χ2n) is 7.65. The van der Waals surface area contributed by atoms with Crippen LogP contribution in [-0.4, -0.2) is 48.9 Å². The number of carboxylic acid groups (broad SMARTS) is 1. The summed E-state index contributed by atoms with van der Waals surface area (Å²) in [7, 11) is 0. The number of ether oxygens (including phenoxy) is 1. The van der Waals surface area contributed by atoms with E-state index in [1.165, 1.54) is 0 Å². The monoisotopic (exact) mass is 437 g/mol. The Hall–Kier alpha value is -3.71. The molecule has 0 bridgehead atoms. The lowest BCUT2D eigenvalue weighted by molar-refractivity contribution is -0.140. The summed E-state index contributed by atoms with van der Waals surface area (Å²) in [4.78, 5) is 11.2. The number of carbonyl (C=O) groups is 1. The second kappa shape index (κ2) is 11.1. The van der Waals surface area contributed by atoms with E-state index < -0.39 is 5.97 Å². The summed E-state index contributed by atoms with van der Waals surface area (Å²) in [6.45, 7) is 5.51. The highest BCUT2D eigenvalue weighted by Gasteiger charge is 2.21. The van der Waals surface area contributed by atoms with Gasteiger partial charge in [0, 0.05) is 5.56 Å². The van der Waals surface area contributed by atoms with Crippen LogP contribution in [0.15, 0.2) is 42.9 Å². The van der Waals surface area contributed by atoms with E-state index in [4.69, 9.17) is 9.84 Å². The average molecular weight is 438 g/mol. The van der Waals surface area contributed by atoms with Crippen LogP contribution in [0, 0.1) is 17.2 Å². The molecule has 4 rings (SSSR count). The largest absolute Gasteiger partial charge is 0.489 e. The van der Waals surface area contributed by atoms with Crippen molar-refractivity contribution in [3.05, 3.63) is 54.1 Å². The van der Waals surface area contributed by atoms with Crippen LogP contribution in [-0.2, 0) is 11.4 Å². The molecule has 0 aliphatic carbocycles. The number of carboxylic acids is 1. The van der Waals surface area contributed by atoms with Crippen molar-refractivity contribution in [1.29, 1.82) is 5.26 Å². The van der Waals surface area contributed by atoms with Crippen LogP contribution in [0.1, 0.15) is 44.0 Å². The van der Waals surface area contributed by atoms with E-state index >= 15 is 0 Å². The summed E-state index contributed by atoms with van der Waals surface area (Å²) in [6, 6.07) is 10.1. The standard InChI is InChI=1S/C18H19N7O.C4H8O2/c19-11-18-14(12-23-24(18)15-5-7-20-8-6-15)13-26-17-3-1-16(2-4-17)25-21-9-10-22-25;1-3(2)4(5)6/h1-4,9-10,12,15,20H,5-8,13H2;3H,1-2H3,(H,5,6). The molecule has 168 valence electrons. The van der Waals surface area contributed by atoms with Gasteiger partial charge in [0.1, 0.15) is 24.1 Å². The molecule has 0 radical (unpaired) electrons. The molecule has 1 fully saturated rings. The first-order chi connectivity index (χ1) is 15.5. The van der Waals surface area contributed by atoms with Crippen molar-refractivity contribution in [1.82, 2.24) is 30.1 Å². The maximum Gasteiger partial charge on any atom is 0.305 e. The number of nitriles is 1. The third-order valence-corrected chi connectivity index (χ3v) is 5.01. The summed E-state index contributed by atoms with van der Waals surface area (Å²) in [5.74, 6) is -0.251. The zero-order chi connectivity index (χ0) is 22.9. The minimum atomic E-state index is -0.741. The van der Waals surface area contributed by atoms with Crippen LogP contribution in [0.4, 0.5) is 0 Å². The van der Waals surface area contributed by atoms with Gasteiger partial charge in [-0.1, -0.05) is 13.8 Å². The van der Waals surface area contributed by atoms with E-state index in [0.29, 0.717) is 12.3 Å². The lowest BCUT2D eigenvalue weighted by atomic mass is 10.1. The highest BCUT2D eigenvalue weighted by atomic mass is 16.5. The van der Waals surface area contributed by atoms with Crippen molar-refractivity contribution in [2.45, 2.75) is 39.3 Å². The molecule has 1 aliphatic heterocycles. The summed E-state index contributed by atoms with van der Waals surface area (Å²) in [6.07, 6.45) is 6.98. The number of rotatable bonds is 6. The number of hydrogen-bond acceptors (Lipinski definition) is 7. The molecule has 0 spiro atoms. The number of benzene rings is 1. The predicted molar refractivity (Wildman–Crippen MR) is 116 cm³/mol. The SMILES string of the molecule is CC(C)C(=O)O.N#Cc1c(COc2ccc(-n3nccn3)cc2)cnn1C1CCNCC1. The van der Waals surface area contributed by atoms with E-state index in [0.717, 1.165) is 42.9 Å². The Morgan fingerprint density at radius 2 is 1.84 bits per heavy atom. The van der Waals surface area contributed by atoms with Crippen molar-refractivity contribution in [3.8, 4) is 17.5 Å². The average Bonchev–Trinajstić information content (AvgIpc) is 3.49. The summed E-state index contributed by atoms with van der Waals surface area (Å²) < 4.78 is 7.69. The van der Waals surface area contributed by atoms with Crippen molar-refractivity contribution in [3.63, 3.8) is 0 Å². The first-order valence-corrected chi connectivity index (χ1v) is 10.5. The molecule has 2 N–H and O–H groups in total. The Kier molecular flexibility index (Phi) is 7.94. The fourth-order valence-electron chi connectivity index (χ4n) is 3.14. The Morgan fingerprint density at radius 3 is 2.41 bits per heavy atom. The van der Waals surface area contributed by atoms with Crippen LogP contribution in [0.5, 0.6) is 5.75 Å². The molecule has 3 aromatic rings. The molecule has 32 heavy (non-hydrogen) atoms. The molecule has 2 aromatic heterocycles. The summed E-state index contributed by atoms with van der Waals surface area (Å²) in [5, 5.41) is 33.5. The van der Waals surface area contributed by atoms with Gasteiger partial charge in [-0.25, -0.2) is 0 Å². The summed E-state index contributed by atoms with van der Waals surface area (Å²) >= 11 is 0. The minimum Gasteiger partial charge on any atom is -0.489 e. The van der Waals surface area contributed by atoms with E-state index in [-0.39, 0.29) is 12.0 Å². The normalized spacial score (nSPS) is 13.8. The van der Waals surface area contributed by atoms with Gasteiger partial charge in [0.25, 0.3) is 0 Å². The first kappa shape index (κ1) is 23.0. The number of nitrogens with one attached hydrogen (secondary N) is 1. The number of hydrogen-bond donors (Lipinski definition) is 2. The Morgan fingerprint density at radius 1 is 1.22 bits per heavy atom. The predicted octanol–water partition coefficient (Wildman–Crippen LogP) is 2.57. The molecule has 1 saturated heterocycles. The van der Waals surface area contributed by atoms with Gasteiger partial charge in [-0.15, -0.1) is 0 Å². The van der Waals surface area contributed by atoms with Gasteiger partial charge < -0.3 is 15.2 Å². The number of nitrogens with zero attached hydrogens (tertiary/aromatic N) is 6. The van der Waals surface area contributed by atoms with Crippen molar-refractivity contribution >= 4 is 5.97 Å². The lowest BCUT2D eigenvalue weighted by Crippen LogP contribution is -2.30. The molecule has 10 nitrogen and oxygen atoms in total. The van der Waals surface area contributed by atoms with Crippen LogP contribution in [0.2, 0.25) is 0 Å². The molecule has 0 atom stereocenters. The van der Waals surface area contributed by atoms with Crippen LogP contribution in [0.25, 0.3) is 5.69 Å².